The van der Waals surface area contributed by atoms with E-state index in [4.69, 9.17) is 4.98 Å². The van der Waals surface area contributed by atoms with Crippen molar-refractivity contribution < 1.29 is 9.59 Å². The van der Waals surface area contributed by atoms with Crippen molar-refractivity contribution in [2.24, 2.45) is 5.92 Å². The molecule has 0 N–H and O–H groups in total. The molecular formula is C21H28N4O2. The van der Waals surface area contributed by atoms with Crippen molar-refractivity contribution in [1.82, 2.24) is 19.8 Å². The first kappa shape index (κ1) is 18.1. The van der Waals surface area contributed by atoms with Crippen LogP contribution in [0.25, 0.3) is 0 Å². The Kier molecular flexibility index (Phi) is 5.23. The van der Waals surface area contributed by atoms with Gasteiger partial charge in [0, 0.05) is 63.6 Å². The van der Waals surface area contributed by atoms with E-state index in [0.717, 1.165) is 68.8 Å². The lowest BCUT2D eigenvalue weighted by molar-refractivity contribution is -0.133. The van der Waals surface area contributed by atoms with Crippen molar-refractivity contribution in [3.8, 4) is 0 Å². The third-order valence-electron chi connectivity index (χ3n) is 6.09. The molecule has 1 aliphatic carbocycles. The average molecular weight is 368 g/mol. The lowest BCUT2D eigenvalue weighted by atomic mass is 9.95. The minimum absolute atomic E-state index is 0.100. The molecule has 0 spiro atoms. The van der Waals surface area contributed by atoms with Gasteiger partial charge in [-0.1, -0.05) is 12.2 Å². The molecule has 6 heteroatoms. The van der Waals surface area contributed by atoms with Crippen molar-refractivity contribution in [2.75, 3.05) is 19.6 Å². The first-order valence-corrected chi connectivity index (χ1v) is 10.1. The number of amides is 2. The second-order valence-corrected chi connectivity index (χ2v) is 8.04. The van der Waals surface area contributed by atoms with E-state index in [-0.39, 0.29) is 17.7 Å². The molecule has 2 atom stereocenters. The zero-order valence-electron chi connectivity index (χ0n) is 16.1. The Morgan fingerprint density at radius 2 is 2.11 bits per heavy atom. The topological polar surface area (TPSA) is 66.4 Å². The van der Waals surface area contributed by atoms with Gasteiger partial charge in [0.1, 0.15) is 5.82 Å². The molecule has 2 amide bonds. The van der Waals surface area contributed by atoms with Crippen LogP contribution in [0.4, 0.5) is 0 Å². The molecule has 1 aromatic rings. The predicted octanol–water partition coefficient (Wildman–Crippen LogP) is 2.44. The van der Waals surface area contributed by atoms with Gasteiger partial charge in [0.15, 0.2) is 0 Å². The number of hydrogen-bond acceptors (Lipinski definition) is 4. The maximum absolute atomic E-state index is 12.7. The highest BCUT2D eigenvalue weighted by molar-refractivity contribution is 5.77. The molecule has 3 heterocycles. The van der Waals surface area contributed by atoms with Crippen molar-refractivity contribution in [3.63, 3.8) is 0 Å². The first-order valence-electron chi connectivity index (χ1n) is 10.1. The number of carbonyl (C=O) groups excluding carboxylic acids is 2. The molecule has 1 saturated heterocycles. The van der Waals surface area contributed by atoms with Crippen LogP contribution in [0.5, 0.6) is 0 Å². The summed E-state index contributed by atoms with van der Waals surface area (Å²) in [5.41, 5.74) is 2.12. The average Bonchev–Trinajstić information content (AvgIpc) is 3.20. The summed E-state index contributed by atoms with van der Waals surface area (Å²) < 4.78 is 0. The van der Waals surface area contributed by atoms with Gasteiger partial charge in [-0.3, -0.25) is 9.59 Å². The molecule has 27 heavy (non-hydrogen) atoms. The van der Waals surface area contributed by atoms with E-state index in [1.165, 1.54) is 0 Å². The molecule has 4 rings (SSSR count). The zero-order chi connectivity index (χ0) is 18.8. The van der Waals surface area contributed by atoms with Gasteiger partial charge in [-0.25, -0.2) is 9.97 Å². The molecule has 1 aromatic heterocycles. The second kappa shape index (κ2) is 7.79. The van der Waals surface area contributed by atoms with E-state index in [1.54, 1.807) is 6.92 Å². The molecule has 144 valence electrons. The second-order valence-electron chi connectivity index (χ2n) is 8.04. The van der Waals surface area contributed by atoms with Crippen LogP contribution in [0.1, 0.15) is 62.0 Å². The largest absolute Gasteiger partial charge is 0.342 e. The summed E-state index contributed by atoms with van der Waals surface area (Å²) in [6.45, 7) is 4.52. The quantitative estimate of drug-likeness (QED) is 0.769. The van der Waals surface area contributed by atoms with Gasteiger partial charge in [0.2, 0.25) is 11.8 Å². The molecule has 0 saturated carbocycles. The number of hydrogen-bond donors (Lipinski definition) is 0. The number of rotatable bonds is 3. The number of aromatic nitrogens is 2. The Balaban J connectivity index is 1.42. The van der Waals surface area contributed by atoms with Crippen LogP contribution >= 0.6 is 0 Å². The number of fused-ring (bicyclic) bond motifs is 1. The lowest BCUT2D eigenvalue weighted by Crippen LogP contribution is -2.40. The van der Waals surface area contributed by atoms with E-state index < -0.39 is 0 Å². The van der Waals surface area contributed by atoms with Crippen LogP contribution < -0.4 is 0 Å². The molecule has 6 nitrogen and oxygen atoms in total. The van der Waals surface area contributed by atoms with Crippen molar-refractivity contribution in [1.29, 1.82) is 0 Å². The Labute approximate surface area is 160 Å². The van der Waals surface area contributed by atoms with E-state index in [1.807, 2.05) is 16.0 Å². The summed E-state index contributed by atoms with van der Waals surface area (Å²) in [6, 6.07) is 0. The van der Waals surface area contributed by atoms with Gasteiger partial charge in [0.25, 0.3) is 0 Å². The molecule has 3 aliphatic rings. The first-order chi connectivity index (χ1) is 13.1. The summed E-state index contributed by atoms with van der Waals surface area (Å²) in [4.78, 5) is 37.6. The van der Waals surface area contributed by atoms with Crippen LogP contribution in [0.15, 0.2) is 18.3 Å². The normalized spacial score (nSPS) is 24.8. The Morgan fingerprint density at radius 1 is 1.22 bits per heavy atom. The highest BCUT2D eigenvalue weighted by atomic mass is 16.2. The van der Waals surface area contributed by atoms with Gasteiger partial charge in [-0.15, -0.1) is 0 Å². The summed E-state index contributed by atoms with van der Waals surface area (Å²) in [5, 5.41) is 0. The smallest absolute Gasteiger partial charge is 0.223 e. The zero-order valence-corrected chi connectivity index (χ0v) is 16.1. The Hall–Kier alpha value is -2.24. The molecule has 0 bridgehead atoms. The fourth-order valence-electron chi connectivity index (χ4n) is 4.43. The molecule has 0 radical (unpaired) electrons. The number of carbonyl (C=O) groups is 2. The summed E-state index contributed by atoms with van der Waals surface area (Å²) in [5.74, 6) is 1.87. The SMILES string of the molecule is CC(=O)N1CCc2nc([C@H]3CCCN(C(=O)C[C@@H]4C=CCC4)C3)ncc2C1. The predicted molar refractivity (Wildman–Crippen MR) is 102 cm³/mol. The third kappa shape index (κ3) is 4.04. The molecular weight excluding hydrogens is 340 g/mol. The maximum atomic E-state index is 12.7. The highest BCUT2D eigenvalue weighted by Gasteiger charge is 2.29. The van der Waals surface area contributed by atoms with Crippen LogP contribution in [0.3, 0.4) is 0 Å². The van der Waals surface area contributed by atoms with Crippen molar-refractivity contribution in [3.05, 3.63) is 35.4 Å². The van der Waals surface area contributed by atoms with Crippen molar-refractivity contribution in [2.45, 2.75) is 57.9 Å². The summed E-state index contributed by atoms with van der Waals surface area (Å²) in [6.07, 6.45) is 11.9. The molecule has 0 aromatic carbocycles. The van der Waals surface area contributed by atoms with Crippen LogP contribution in [-0.2, 0) is 22.6 Å². The minimum atomic E-state index is 0.100. The van der Waals surface area contributed by atoms with Crippen molar-refractivity contribution >= 4 is 11.8 Å². The molecule has 2 aliphatic heterocycles. The fourth-order valence-corrected chi connectivity index (χ4v) is 4.43. The van der Waals surface area contributed by atoms with E-state index in [0.29, 0.717) is 18.9 Å². The van der Waals surface area contributed by atoms with Gasteiger partial charge in [0.05, 0.1) is 5.69 Å². The van der Waals surface area contributed by atoms with Gasteiger partial charge in [-0.2, -0.15) is 0 Å². The third-order valence-corrected chi connectivity index (χ3v) is 6.09. The number of allylic oxidation sites excluding steroid dienone is 2. The fraction of sp³-hybridized carbons (Fsp3) is 0.619. The Morgan fingerprint density at radius 3 is 2.89 bits per heavy atom. The van der Waals surface area contributed by atoms with Gasteiger partial charge >= 0.3 is 0 Å². The van der Waals surface area contributed by atoms with Crippen LogP contribution in [0.2, 0.25) is 0 Å². The lowest BCUT2D eigenvalue weighted by Gasteiger charge is -2.33. The number of piperidine rings is 1. The van der Waals surface area contributed by atoms with Gasteiger partial charge < -0.3 is 9.80 Å². The van der Waals surface area contributed by atoms with Gasteiger partial charge in [-0.05, 0) is 31.6 Å². The summed E-state index contributed by atoms with van der Waals surface area (Å²) in [7, 11) is 0. The molecule has 0 unspecified atom stereocenters. The summed E-state index contributed by atoms with van der Waals surface area (Å²) >= 11 is 0. The van der Waals surface area contributed by atoms with Crippen LogP contribution in [0, 0.1) is 5.92 Å². The Bertz CT molecular complexity index is 761. The van der Waals surface area contributed by atoms with E-state index in [9.17, 15) is 9.59 Å². The monoisotopic (exact) mass is 368 g/mol. The standard InChI is InChI=1S/C21H28N4O2/c1-15(26)24-10-8-19-18(14-24)12-22-21(23-19)17-7-4-9-25(13-17)20(27)11-16-5-2-3-6-16/h2,5,12,16-17H,3-4,6-11,13-14H2,1H3/t16-,17+/m1/s1. The number of likely N-dealkylation sites (tertiary alicyclic amines) is 1. The maximum Gasteiger partial charge on any atom is 0.223 e. The highest BCUT2D eigenvalue weighted by Crippen LogP contribution is 2.28. The van der Waals surface area contributed by atoms with Crippen LogP contribution in [-0.4, -0.2) is 51.2 Å². The van der Waals surface area contributed by atoms with E-state index in [2.05, 4.69) is 17.1 Å². The molecule has 1 fully saturated rings. The van der Waals surface area contributed by atoms with E-state index >= 15 is 0 Å². The number of nitrogens with zero attached hydrogens (tertiary/aromatic N) is 4. The minimum Gasteiger partial charge on any atom is -0.342 e.